The second-order valence-electron chi connectivity index (χ2n) is 5.92. The largest absolute Gasteiger partial charge is 0.497 e. The number of fused-ring (bicyclic) bond motifs is 2. The second-order valence-corrected chi connectivity index (χ2v) is 5.92. The molecule has 0 bridgehead atoms. The Morgan fingerprint density at radius 3 is 2.68 bits per heavy atom. The lowest BCUT2D eigenvalue weighted by Gasteiger charge is -2.31. The van der Waals surface area contributed by atoms with Crippen LogP contribution in [0.3, 0.4) is 0 Å². The molecule has 0 saturated carbocycles. The molecule has 0 amide bonds. The van der Waals surface area contributed by atoms with Crippen LogP contribution >= 0.6 is 0 Å². The first kappa shape index (κ1) is 17.2. The van der Waals surface area contributed by atoms with Crippen LogP contribution in [-0.2, 0) is 13.0 Å². The van der Waals surface area contributed by atoms with E-state index in [1.165, 1.54) is 22.0 Å². The molecule has 0 N–H and O–H groups in total. The normalized spacial score (nSPS) is 13.0. The van der Waals surface area contributed by atoms with E-state index in [2.05, 4.69) is 58.2 Å². The molecule has 2 aromatic carbocycles. The van der Waals surface area contributed by atoms with Gasteiger partial charge in [-0.15, -0.1) is 0 Å². The Bertz CT molecular complexity index is 876. The van der Waals surface area contributed by atoms with Crippen molar-refractivity contribution < 1.29 is 4.74 Å². The van der Waals surface area contributed by atoms with Gasteiger partial charge in [-0.3, -0.25) is 0 Å². The highest BCUT2D eigenvalue weighted by Gasteiger charge is 2.21. The third-order valence-corrected chi connectivity index (χ3v) is 4.61. The Balaban J connectivity index is 0.000000880. The van der Waals surface area contributed by atoms with Crippen LogP contribution in [0.5, 0.6) is 5.75 Å². The minimum absolute atomic E-state index is 0.815. The molecule has 25 heavy (non-hydrogen) atoms. The van der Waals surface area contributed by atoms with E-state index in [1.54, 1.807) is 13.4 Å². The maximum Gasteiger partial charge on any atom is 0.121 e. The second kappa shape index (κ2) is 7.51. The number of anilines is 1. The van der Waals surface area contributed by atoms with Crippen LogP contribution in [0.1, 0.15) is 30.8 Å². The standard InChI is InChI=1S/C19H19N3O.C2H6/c1-13-16-7-8-22(11-18(16)21-12-20-13)19-10-15(23-2)9-14-5-3-4-6-17(14)19;1-2/h3-6,9-10,12H,7-8,11H2,1-2H3;1-2H3. The molecule has 0 radical (unpaired) electrons. The highest BCUT2D eigenvalue weighted by molar-refractivity contribution is 5.95. The SMILES string of the molecule is CC.COc1cc(N2CCc3c(C)ncnc3C2)c2ccccc2c1. The van der Waals surface area contributed by atoms with Crippen molar-refractivity contribution in [3.63, 3.8) is 0 Å². The number of aryl methyl sites for hydroxylation is 1. The van der Waals surface area contributed by atoms with Gasteiger partial charge in [0.05, 0.1) is 19.3 Å². The lowest BCUT2D eigenvalue weighted by molar-refractivity contribution is 0.415. The molecule has 0 spiro atoms. The van der Waals surface area contributed by atoms with E-state index in [0.29, 0.717) is 0 Å². The van der Waals surface area contributed by atoms with Gasteiger partial charge in [0.25, 0.3) is 0 Å². The van der Waals surface area contributed by atoms with Crippen molar-refractivity contribution >= 4 is 16.5 Å². The van der Waals surface area contributed by atoms with Gasteiger partial charge >= 0.3 is 0 Å². The minimum Gasteiger partial charge on any atom is -0.497 e. The monoisotopic (exact) mass is 335 g/mol. The zero-order valence-electron chi connectivity index (χ0n) is 15.4. The molecule has 0 atom stereocenters. The topological polar surface area (TPSA) is 38.2 Å². The van der Waals surface area contributed by atoms with Gasteiger partial charge in [0.2, 0.25) is 0 Å². The summed E-state index contributed by atoms with van der Waals surface area (Å²) in [5.41, 5.74) is 4.75. The van der Waals surface area contributed by atoms with Crippen LogP contribution in [0, 0.1) is 6.92 Å². The van der Waals surface area contributed by atoms with Crippen molar-refractivity contribution in [1.82, 2.24) is 9.97 Å². The fraction of sp³-hybridized carbons (Fsp3) is 0.333. The van der Waals surface area contributed by atoms with Crippen molar-refractivity contribution in [3.8, 4) is 5.75 Å². The highest BCUT2D eigenvalue weighted by Crippen LogP contribution is 2.34. The molecule has 0 unspecified atom stereocenters. The van der Waals surface area contributed by atoms with E-state index >= 15 is 0 Å². The molecule has 2 heterocycles. The lowest BCUT2D eigenvalue weighted by Crippen LogP contribution is -2.32. The zero-order valence-corrected chi connectivity index (χ0v) is 15.4. The molecule has 3 aromatic rings. The van der Waals surface area contributed by atoms with Crippen molar-refractivity contribution in [3.05, 3.63) is 59.7 Å². The average molecular weight is 335 g/mol. The first-order chi connectivity index (χ1) is 12.3. The zero-order chi connectivity index (χ0) is 17.8. The van der Waals surface area contributed by atoms with E-state index in [0.717, 1.165) is 36.6 Å². The smallest absolute Gasteiger partial charge is 0.121 e. The number of rotatable bonds is 2. The summed E-state index contributed by atoms with van der Waals surface area (Å²) < 4.78 is 5.49. The van der Waals surface area contributed by atoms with Crippen molar-refractivity contribution in [2.45, 2.75) is 33.7 Å². The summed E-state index contributed by atoms with van der Waals surface area (Å²) in [6.07, 6.45) is 2.65. The summed E-state index contributed by atoms with van der Waals surface area (Å²) in [4.78, 5) is 11.2. The Kier molecular flexibility index (Phi) is 5.17. The Labute approximate surface area is 149 Å². The minimum atomic E-state index is 0.815. The lowest BCUT2D eigenvalue weighted by atomic mass is 10.0. The third-order valence-electron chi connectivity index (χ3n) is 4.61. The Morgan fingerprint density at radius 1 is 1.08 bits per heavy atom. The highest BCUT2D eigenvalue weighted by atomic mass is 16.5. The number of methoxy groups -OCH3 is 1. The molecule has 1 aromatic heterocycles. The molecule has 4 nitrogen and oxygen atoms in total. The van der Waals surface area contributed by atoms with Gasteiger partial charge in [-0.2, -0.15) is 0 Å². The molecule has 4 heteroatoms. The van der Waals surface area contributed by atoms with Gasteiger partial charge in [-0.05, 0) is 30.4 Å². The van der Waals surface area contributed by atoms with Gasteiger partial charge in [0.15, 0.2) is 0 Å². The summed E-state index contributed by atoms with van der Waals surface area (Å²) >= 11 is 0. The number of hydrogen-bond acceptors (Lipinski definition) is 4. The Hall–Kier alpha value is -2.62. The first-order valence-electron chi connectivity index (χ1n) is 8.87. The van der Waals surface area contributed by atoms with Gasteiger partial charge in [0, 0.05) is 29.4 Å². The van der Waals surface area contributed by atoms with Crippen LogP contribution in [0.2, 0.25) is 0 Å². The maximum absolute atomic E-state index is 5.49. The van der Waals surface area contributed by atoms with Gasteiger partial charge < -0.3 is 9.64 Å². The first-order valence-corrected chi connectivity index (χ1v) is 8.87. The summed E-state index contributed by atoms with van der Waals surface area (Å²) in [5, 5.41) is 2.45. The molecule has 130 valence electrons. The third kappa shape index (κ3) is 3.29. The maximum atomic E-state index is 5.49. The Morgan fingerprint density at radius 2 is 1.88 bits per heavy atom. The molecule has 1 aliphatic rings. The predicted octanol–water partition coefficient (Wildman–Crippen LogP) is 4.54. The van der Waals surface area contributed by atoms with Gasteiger partial charge in [-0.25, -0.2) is 9.97 Å². The van der Waals surface area contributed by atoms with Crippen LogP contribution < -0.4 is 9.64 Å². The average Bonchev–Trinajstić information content (AvgIpc) is 2.68. The number of benzene rings is 2. The number of aromatic nitrogens is 2. The van der Waals surface area contributed by atoms with E-state index in [1.807, 2.05) is 13.8 Å². The summed E-state index contributed by atoms with van der Waals surface area (Å²) in [6.45, 7) is 7.85. The van der Waals surface area contributed by atoms with Gasteiger partial charge in [0.1, 0.15) is 12.1 Å². The number of hydrogen-bond donors (Lipinski definition) is 0. The predicted molar refractivity (Wildman–Crippen MR) is 103 cm³/mol. The van der Waals surface area contributed by atoms with Crippen LogP contribution in [0.4, 0.5) is 5.69 Å². The van der Waals surface area contributed by atoms with E-state index in [9.17, 15) is 0 Å². The molecular weight excluding hydrogens is 310 g/mol. The van der Waals surface area contributed by atoms with Crippen LogP contribution in [-0.4, -0.2) is 23.6 Å². The van der Waals surface area contributed by atoms with E-state index < -0.39 is 0 Å². The molecular formula is C21H25N3O. The quantitative estimate of drug-likeness (QED) is 0.689. The van der Waals surface area contributed by atoms with Crippen molar-refractivity contribution in [1.29, 1.82) is 0 Å². The summed E-state index contributed by atoms with van der Waals surface area (Å²) in [6, 6.07) is 12.7. The van der Waals surface area contributed by atoms with Gasteiger partial charge in [-0.1, -0.05) is 38.1 Å². The summed E-state index contributed by atoms with van der Waals surface area (Å²) in [7, 11) is 1.72. The van der Waals surface area contributed by atoms with E-state index in [4.69, 9.17) is 4.74 Å². The fourth-order valence-corrected chi connectivity index (χ4v) is 3.37. The van der Waals surface area contributed by atoms with E-state index in [-0.39, 0.29) is 0 Å². The summed E-state index contributed by atoms with van der Waals surface area (Å²) in [5.74, 6) is 0.892. The molecule has 4 rings (SSSR count). The van der Waals surface area contributed by atoms with Crippen molar-refractivity contribution in [2.24, 2.45) is 0 Å². The fourth-order valence-electron chi connectivity index (χ4n) is 3.37. The molecule has 0 aliphatic carbocycles. The number of ether oxygens (including phenoxy) is 1. The molecule has 1 aliphatic heterocycles. The van der Waals surface area contributed by atoms with Crippen molar-refractivity contribution in [2.75, 3.05) is 18.6 Å². The molecule has 0 fully saturated rings. The van der Waals surface area contributed by atoms with Crippen LogP contribution in [0.15, 0.2) is 42.7 Å². The number of nitrogens with zero attached hydrogens (tertiary/aromatic N) is 3. The molecule has 0 saturated heterocycles. The van der Waals surface area contributed by atoms with Crippen LogP contribution in [0.25, 0.3) is 10.8 Å².